The van der Waals surface area contributed by atoms with Crippen LogP contribution in [0.2, 0.25) is 0 Å². The van der Waals surface area contributed by atoms with E-state index in [0.717, 1.165) is 24.0 Å². The summed E-state index contributed by atoms with van der Waals surface area (Å²) >= 11 is 0. The molecule has 4 rings (SSSR count). The lowest BCUT2D eigenvalue weighted by Crippen LogP contribution is -2.44. The van der Waals surface area contributed by atoms with Gasteiger partial charge >= 0.3 is 0 Å². The Morgan fingerprint density at radius 3 is 2.71 bits per heavy atom. The monoisotopic (exact) mass is 418 g/mol. The van der Waals surface area contributed by atoms with E-state index < -0.39 is 0 Å². The summed E-state index contributed by atoms with van der Waals surface area (Å²) in [4.78, 5) is 36.1. The number of amides is 2. The van der Waals surface area contributed by atoms with Crippen LogP contribution in [-0.2, 0) is 16.0 Å². The average Bonchev–Trinajstić information content (AvgIpc) is 3.16. The molecule has 2 amide bonds. The van der Waals surface area contributed by atoms with Crippen LogP contribution in [0, 0.1) is 19.8 Å². The van der Waals surface area contributed by atoms with Gasteiger partial charge in [-0.2, -0.15) is 0 Å². The van der Waals surface area contributed by atoms with Crippen LogP contribution in [0.3, 0.4) is 0 Å². The van der Waals surface area contributed by atoms with Crippen molar-refractivity contribution in [1.82, 2.24) is 14.9 Å². The second-order valence-electron chi connectivity index (χ2n) is 7.95. The molecule has 1 atom stereocenters. The zero-order valence-electron chi connectivity index (χ0n) is 17.8. The van der Waals surface area contributed by atoms with Crippen LogP contribution in [-0.4, -0.2) is 39.8 Å². The number of carbonyl (C=O) groups is 2. The SMILES string of the molecule is Cc1ccc(NC(=O)[C@H]2CCCN(C(=O)Cc3nc(-c4ccccc4)oc3C)C2)nc1. The third-order valence-corrected chi connectivity index (χ3v) is 5.54. The van der Waals surface area contributed by atoms with E-state index in [0.29, 0.717) is 36.3 Å². The van der Waals surface area contributed by atoms with Gasteiger partial charge in [0.1, 0.15) is 11.6 Å². The highest BCUT2D eigenvalue weighted by Gasteiger charge is 2.29. The minimum absolute atomic E-state index is 0.0398. The smallest absolute Gasteiger partial charge is 0.230 e. The van der Waals surface area contributed by atoms with E-state index in [-0.39, 0.29) is 24.2 Å². The topological polar surface area (TPSA) is 88.3 Å². The third-order valence-electron chi connectivity index (χ3n) is 5.54. The lowest BCUT2D eigenvalue weighted by Gasteiger charge is -2.32. The Labute approximate surface area is 181 Å². The summed E-state index contributed by atoms with van der Waals surface area (Å²) in [6, 6.07) is 13.3. The van der Waals surface area contributed by atoms with Gasteiger partial charge in [-0.1, -0.05) is 24.3 Å². The number of nitrogens with one attached hydrogen (secondary N) is 1. The normalized spacial score (nSPS) is 16.2. The first-order valence-corrected chi connectivity index (χ1v) is 10.5. The number of hydrogen-bond acceptors (Lipinski definition) is 5. The molecule has 3 aromatic rings. The minimum atomic E-state index is -0.251. The van der Waals surface area contributed by atoms with Gasteiger partial charge in [0.15, 0.2) is 0 Å². The average molecular weight is 418 g/mol. The van der Waals surface area contributed by atoms with Crippen molar-refractivity contribution in [3.63, 3.8) is 0 Å². The molecule has 7 nitrogen and oxygen atoms in total. The number of aryl methyl sites for hydroxylation is 2. The number of rotatable bonds is 5. The Hall–Kier alpha value is -3.48. The molecular formula is C24H26N4O3. The largest absolute Gasteiger partial charge is 0.441 e. The molecule has 31 heavy (non-hydrogen) atoms. The number of likely N-dealkylation sites (tertiary alicyclic amines) is 1. The van der Waals surface area contributed by atoms with Gasteiger partial charge < -0.3 is 14.6 Å². The van der Waals surface area contributed by atoms with Crippen LogP contribution in [0.15, 0.2) is 53.1 Å². The van der Waals surface area contributed by atoms with Crippen molar-refractivity contribution < 1.29 is 14.0 Å². The highest BCUT2D eigenvalue weighted by atomic mass is 16.4. The number of oxazole rings is 1. The van der Waals surface area contributed by atoms with Crippen molar-refractivity contribution in [2.75, 3.05) is 18.4 Å². The molecule has 160 valence electrons. The molecule has 0 bridgehead atoms. The van der Waals surface area contributed by atoms with E-state index in [2.05, 4.69) is 15.3 Å². The number of piperidine rings is 1. The Morgan fingerprint density at radius 1 is 1.16 bits per heavy atom. The second-order valence-corrected chi connectivity index (χ2v) is 7.95. The summed E-state index contributed by atoms with van der Waals surface area (Å²) in [5.41, 5.74) is 2.55. The van der Waals surface area contributed by atoms with Crippen molar-refractivity contribution in [2.24, 2.45) is 5.92 Å². The van der Waals surface area contributed by atoms with Crippen LogP contribution >= 0.6 is 0 Å². The standard InChI is InChI=1S/C24H26N4O3/c1-16-10-11-21(25-14-16)27-23(30)19-9-6-12-28(15-19)22(29)13-20-17(2)31-24(26-20)18-7-4-3-5-8-18/h3-5,7-8,10-11,14,19H,6,9,12-13,15H2,1-2H3,(H,25,27,30)/t19-/m0/s1. The molecule has 1 N–H and O–H groups in total. The number of nitrogens with zero attached hydrogens (tertiary/aromatic N) is 3. The molecular weight excluding hydrogens is 392 g/mol. The van der Waals surface area contributed by atoms with Gasteiger partial charge in [0.25, 0.3) is 0 Å². The molecule has 0 unspecified atom stereocenters. The molecule has 1 fully saturated rings. The van der Waals surface area contributed by atoms with E-state index in [1.807, 2.05) is 50.2 Å². The van der Waals surface area contributed by atoms with E-state index in [1.165, 1.54) is 0 Å². The quantitative estimate of drug-likeness (QED) is 0.681. The third kappa shape index (κ3) is 4.99. The fourth-order valence-electron chi connectivity index (χ4n) is 3.74. The van der Waals surface area contributed by atoms with Gasteiger partial charge in [0.05, 0.1) is 18.0 Å². The van der Waals surface area contributed by atoms with E-state index in [4.69, 9.17) is 4.42 Å². The van der Waals surface area contributed by atoms with Gasteiger partial charge in [0, 0.05) is 24.8 Å². The van der Waals surface area contributed by atoms with Crippen LogP contribution in [0.5, 0.6) is 0 Å². The fourth-order valence-corrected chi connectivity index (χ4v) is 3.74. The molecule has 1 aliphatic heterocycles. The van der Waals surface area contributed by atoms with Gasteiger partial charge in [-0.05, 0) is 50.5 Å². The Bertz CT molecular complexity index is 1060. The Morgan fingerprint density at radius 2 is 1.97 bits per heavy atom. The summed E-state index contributed by atoms with van der Waals surface area (Å²) in [7, 11) is 0. The maximum Gasteiger partial charge on any atom is 0.230 e. The lowest BCUT2D eigenvalue weighted by atomic mass is 9.96. The molecule has 0 radical (unpaired) electrons. The van der Waals surface area contributed by atoms with Crippen LogP contribution in [0.4, 0.5) is 5.82 Å². The zero-order valence-corrected chi connectivity index (χ0v) is 17.8. The van der Waals surface area contributed by atoms with Crippen molar-refractivity contribution in [3.8, 4) is 11.5 Å². The van der Waals surface area contributed by atoms with Crippen molar-refractivity contribution in [2.45, 2.75) is 33.1 Å². The van der Waals surface area contributed by atoms with Crippen LogP contribution in [0.1, 0.15) is 29.9 Å². The summed E-state index contributed by atoms with van der Waals surface area (Å²) in [5.74, 6) is 1.30. The van der Waals surface area contributed by atoms with Gasteiger partial charge in [-0.25, -0.2) is 9.97 Å². The molecule has 0 aliphatic carbocycles. The second kappa shape index (κ2) is 9.12. The van der Waals surface area contributed by atoms with Crippen LogP contribution in [0.25, 0.3) is 11.5 Å². The maximum absolute atomic E-state index is 12.9. The van der Waals surface area contributed by atoms with E-state index in [9.17, 15) is 9.59 Å². The number of pyridine rings is 1. The predicted molar refractivity (Wildman–Crippen MR) is 117 cm³/mol. The maximum atomic E-state index is 12.9. The van der Waals surface area contributed by atoms with E-state index in [1.54, 1.807) is 17.2 Å². The molecule has 7 heteroatoms. The van der Waals surface area contributed by atoms with Crippen LogP contribution < -0.4 is 5.32 Å². The summed E-state index contributed by atoms with van der Waals surface area (Å²) in [6.07, 6.45) is 3.42. The van der Waals surface area contributed by atoms with E-state index >= 15 is 0 Å². The highest BCUT2D eigenvalue weighted by Crippen LogP contribution is 2.23. The number of anilines is 1. The Kier molecular flexibility index (Phi) is 6.11. The molecule has 3 heterocycles. The lowest BCUT2D eigenvalue weighted by molar-refractivity contribution is -0.134. The predicted octanol–water partition coefficient (Wildman–Crippen LogP) is 3.77. The Balaban J connectivity index is 1.38. The molecule has 0 spiro atoms. The first-order valence-electron chi connectivity index (χ1n) is 10.5. The summed E-state index contributed by atoms with van der Waals surface area (Å²) in [6.45, 7) is 4.82. The number of aromatic nitrogens is 2. The molecule has 2 aromatic heterocycles. The number of benzene rings is 1. The summed E-state index contributed by atoms with van der Waals surface area (Å²) < 4.78 is 5.77. The molecule has 0 saturated carbocycles. The van der Waals surface area contributed by atoms with Gasteiger partial charge in [-0.3, -0.25) is 9.59 Å². The van der Waals surface area contributed by atoms with Crippen molar-refractivity contribution in [1.29, 1.82) is 0 Å². The van der Waals surface area contributed by atoms with Crippen molar-refractivity contribution >= 4 is 17.6 Å². The molecule has 1 saturated heterocycles. The van der Waals surface area contributed by atoms with Gasteiger partial charge in [-0.15, -0.1) is 0 Å². The fraction of sp³-hybridized carbons (Fsp3) is 0.333. The first kappa shape index (κ1) is 20.8. The van der Waals surface area contributed by atoms with Gasteiger partial charge in [0.2, 0.25) is 17.7 Å². The molecule has 1 aromatic carbocycles. The minimum Gasteiger partial charge on any atom is -0.441 e. The summed E-state index contributed by atoms with van der Waals surface area (Å²) in [5, 5.41) is 2.86. The highest BCUT2D eigenvalue weighted by molar-refractivity contribution is 5.92. The first-order chi connectivity index (χ1) is 15.0. The number of carbonyl (C=O) groups excluding carboxylic acids is 2. The van der Waals surface area contributed by atoms with Crippen molar-refractivity contribution in [3.05, 3.63) is 65.7 Å². The zero-order chi connectivity index (χ0) is 21.8. The molecule has 1 aliphatic rings. The number of hydrogen-bond donors (Lipinski definition) is 1.